The number of carbonyl (C=O) groups is 2. The number of amides is 3. The third-order valence-electron chi connectivity index (χ3n) is 4.89. The molecule has 1 unspecified atom stereocenters. The van der Waals surface area contributed by atoms with Crippen LogP contribution in [0.4, 0.5) is 10.5 Å². The predicted molar refractivity (Wildman–Crippen MR) is 113 cm³/mol. The standard InChI is InChI=1S/C20H29N5O4S/c1-2-3-12-22-20(27)24-30(28,29)18-9-7-17(8-10-18)23-19(26)16-6-4-13-25(15-16)14-5-11-21/h7-10,16H,2-6,12-15H2,1H3,(H,23,26)(H2,22,24,27). The SMILES string of the molecule is CCCCNC(=O)NS(=O)(=O)c1ccc(NC(=O)C2CCCN(CCC#N)C2)cc1. The molecular weight excluding hydrogens is 406 g/mol. The van der Waals surface area contributed by atoms with Gasteiger partial charge in [0.2, 0.25) is 5.91 Å². The molecule has 3 N–H and O–H groups in total. The largest absolute Gasteiger partial charge is 0.337 e. The summed E-state index contributed by atoms with van der Waals surface area (Å²) in [4.78, 5) is 26.3. The van der Waals surface area contributed by atoms with Gasteiger partial charge in [-0.2, -0.15) is 5.26 Å². The van der Waals surface area contributed by atoms with Crippen LogP contribution in [-0.4, -0.2) is 51.4 Å². The zero-order chi connectivity index (χ0) is 22.0. The molecule has 1 saturated heterocycles. The van der Waals surface area contributed by atoms with Crippen LogP contribution >= 0.6 is 0 Å². The Balaban J connectivity index is 1.91. The van der Waals surface area contributed by atoms with Crippen molar-refractivity contribution in [2.45, 2.75) is 43.9 Å². The van der Waals surface area contributed by atoms with Gasteiger partial charge in [-0.05, 0) is 50.1 Å². The molecule has 1 aliphatic heterocycles. The van der Waals surface area contributed by atoms with Gasteiger partial charge >= 0.3 is 6.03 Å². The van der Waals surface area contributed by atoms with Crippen LogP contribution in [0.3, 0.4) is 0 Å². The van der Waals surface area contributed by atoms with E-state index in [0.29, 0.717) is 31.7 Å². The minimum atomic E-state index is -3.99. The first-order chi connectivity index (χ1) is 14.4. The number of rotatable bonds is 9. The van der Waals surface area contributed by atoms with Crippen LogP contribution in [0.2, 0.25) is 0 Å². The van der Waals surface area contributed by atoms with Crippen molar-refractivity contribution < 1.29 is 18.0 Å². The third-order valence-corrected chi connectivity index (χ3v) is 6.24. The number of hydrogen-bond acceptors (Lipinski definition) is 6. The molecule has 0 bridgehead atoms. The van der Waals surface area contributed by atoms with Crippen LogP contribution < -0.4 is 15.4 Å². The molecule has 1 atom stereocenters. The van der Waals surface area contributed by atoms with Crippen molar-refractivity contribution >= 4 is 27.6 Å². The number of carbonyl (C=O) groups excluding carboxylic acids is 2. The highest BCUT2D eigenvalue weighted by Crippen LogP contribution is 2.20. The van der Waals surface area contributed by atoms with Gasteiger partial charge < -0.3 is 15.5 Å². The lowest BCUT2D eigenvalue weighted by molar-refractivity contribution is -0.121. The molecule has 1 aromatic carbocycles. The zero-order valence-electron chi connectivity index (χ0n) is 17.2. The van der Waals surface area contributed by atoms with E-state index in [0.717, 1.165) is 32.2 Å². The van der Waals surface area contributed by atoms with E-state index in [1.54, 1.807) is 0 Å². The summed E-state index contributed by atoms with van der Waals surface area (Å²) in [5, 5.41) is 14.0. The van der Waals surface area contributed by atoms with Crippen LogP contribution in [0.25, 0.3) is 0 Å². The number of hydrogen-bond donors (Lipinski definition) is 3. The average Bonchev–Trinajstić information content (AvgIpc) is 2.72. The maximum Gasteiger partial charge on any atom is 0.328 e. The van der Waals surface area contributed by atoms with Gasteiger partial charge in [0.05, 0.1) is 16.9 Å². The summed E-state index contributed by atoms with van der Waals surface area (Å²) in [7, 11) is -3.99. The van der Waals surface area contributed by atoms with E-state index in [1.165, 1.54) is 24.3 Å². The summed E-state index contributed by atoms with van der Waals surface area (Å²) in [5.41, 5.74) is 0.487. The Kier molecular flexibility index (Phi) is 9.08. The molecule has 164 valence electrons. The van der Waals surface area contributed by atoms with E-state index >= 15 is 0 Å². The van der Waals surface area contributed by atoms with Crippen molar-refractivity contribution in [3.63, 3.8) is 0 Å². The summed E-state index contributed by atoms with van der Waals surface area (Å²) < 4.78 is 26.6. The summed E-state index contributed by atoms with van der Waals surface area (Å²) in [5.74, 6) is -0.296. The number of benzene rings is 1. The Morgan fingerprint density at radius 3 is 2.67 bits per heavy atom. The van der Waals surface area contributed by atoms with E-state index in [4.69, 9.17) is 5.26 Å². The molecule has 2 rings (SSSR count). The molecule has 0 spiro atoms. The minimum Gasteiger partial charge on any atom is -0.337 e. The molecule has 30 heavy (non-hydrogen) atoms. The first-order valence-corrected chi connectivity index (χ1v) is 11.6. The number of nitrogens with one attached hydrogen (secondary N) is 3. The molecule has 1 heterocycles. The molecule has 0 aliphatic carbocycles. The maximum atomic E-state index is 12.6. The highest BCUT2D eigenvalue weighted by molar-refractivity contribution is 7.90. The number of urea groups is 1. The van der Waals surface area contributed by atoms with Gasteiger partial charge in [0.1, 0.15) is 0 Å². The summed E-state index contributed by atoms with van der Waals surface area (Å²) >= 11 is 0. The smallest absolute Gasteiger partial charge is 0.328 e. The van der Waals surface area contributed by atoms with Crippen LogP contribution in [0.1, 0.15) is 39.0 Å². The van der Waals surface area contributed by atoms with Crippen molar-refractivity contribution in [1.82, 2.24) is 14.9 Å². The van der Waals surface area contributed by atoms with Crippen molar-refractivity contribution in [1.29, 1.82) is 5.26 Å². The first-order valence-electron chi connectivity index (χ1n) is 10.2. The van der Waals surface area contributed by atoms with Crippen LogP contribution in [0.15, 0.2) is 29.2 Å². The molecule has 10 heteroatoms. The molecule has 1 aliphatic rings. The summed E-state index contributed by atoms with van der Waals surface area (Å²) in [6.07, 6.45) is 3.76. The Morgan fingerprint density at radius 1 is 1.27 bits per heavy atom. The number of nitrogens with zero attached hydrogens (tertiary/aromatic N) is 2. The van der Waals surface area contributed by atoms with Crippen LogP contribution in [-0.2, 0) is 14.8 Å². The fraction of sp³-hybridized carbons (Fsp3) is 0.550. The Labute approximate surface area is 177 Å². The first kappa shape index (κ1) is 23.6. The quantitative estimate of drug-likeness (QED) is 0.509. The fourth-order valence-electron chi connectivity index (χ4n) is 3.24. The molecule has 0 saturated carbocycles. The van der Waals surface area contributed by atoms with Crippen LogP contribution in [0.5, 0.6) is 0 Å². The highest BCUT2D eigenvalue weighted by Gasteiger charge is 2.25. The van der Waals surface area contributed by atoms with E-state index in [2.05, 4.69) is 21.6 Å². The monoisotopic (exact) mass is 435 g/mol. The number of sulfonamides is 1. The molecule has 1 aromatic rings. The van der Waals surface area contributed by atoms with Gasteiger partial charge in [-0.25, -0.2) is 17.9 Å². The van der Waals surface area contributed by atoms with Crippen LogP contribution in [0, 0.1) is 17.2 Å². The number of likely N-dealkylation sites (tertiary alicyclic amines) is 1. The van der Waals surface area contributed by atoms with Crippen molar-refractivity contribution in [2.75, 3.05) is 31.5 Å². The maximum absolute atomic E-state index is 12.6. The predicted octanol–water partition coefficient (Wildman–Crippen LogP) is 2.04. The molecule has 1 fully saturated rings. The molecule has 9 nitrogen and oxygen atoms in total. The van der Waals surface area contributed by atoms with Gasteiger partial charge in [-0.15, -0.1) is 0 Å². The van der Waals surface area contributed by atoms with Gasteiger partial charge in [0.25, 0.3) is 10.0 Å². The lowest BCUT2D eigenvalue weighted by Gasteiger charge is -2.31. The highest BCUT2D eigenvalue weighted by atomic mass is 32.2. The lowest BCUT2D eigenvalue weighted by atomic mass is 9.97. The van der Waals surface area contributed by atoms with E-state index in [-0.39, 0.29) is 16.7 Å². The molecule has 3 amide bonds. The minimum absolute atomic E-state index is 0.0634. The lowest BCUT2D eigenvalue weighted by Crippen LogP contribution is -2.41. The number of unbranched alkanes of at least 4 members (excludes halogenated alkanes) is 1. The van der Waals surface area contributed by atoms with E-state index in [1.807, 2.05) is 11.6 Å². The van der Waals surface area contributed by atoms with E-state index < -0.39 is 16.1 Å². The van der Waals surface area contributed by atoms with Gasteiger partial charge in [-0.1, -0.05) is 13.3 Å². The normalized spacial score (nSPS) is 17.0. The van der Waals surface area contributed by atoms with Gasteiger partial charge in [0.15, 0.2) is 0 Å². The summed E-state index contributed by atoms with van der Waals surface area (Å²) in [6.45, 7) is 4.52. The molecule has 0 radical (unpaired) electrons. The molecule has 0 aromatic heterocycles. The molecular formula is C20H29N5O4S. The zero-order valence-corrected chi connectivity index (χ0v) is 18.0. The van der Waals surface area contributed by atoms with Crippen molar-refractivity contribution in [2.24, 2.45) is 5.92 Å². The van der Waals surface area contributed by atoms with Crippen molar-refractivity contribution in [3.05, 3.63) is 24.3 Å². The number of anilines is 1. The number of piperidine rings is 1. The number of nitriles is 1. The Morgan fingerprint density at radius 2 is 2.00 bits per heavy atom. The Bertz CT molecular complexity index is 864. The second-order valence-electron chi connectivity index (χ2n) is 7.28. The Hall–Kier alpha value is -2.64. The topological polar surface area (TPSA) is 131 Å². The second kappa shape index (κ2) is 11.5. The fourth-order valence-corrected chi connectivity index (χ4v) is 4.17. The summed E-state index contributed by atoms with van der Waals surface area (Å²) in [6, 6.07) is 7.04. The second-order valence-corrected chi connectivity index (χ2v) is 8.96. The van der Waals surface area contributed by atoms with Crippen molar-refractivity contribution in [3.8, 4) is 6.07 Å². The van der Waals surface area contributed by atoms with Gasteiger partial charge in [-0.3, -0.25) is 4.79 Å². The third kappa shape index (κ3) is 7.31. The van der Waals surface area contributed by atoms with E-state index in [9.17, 15) is 18.0 Å². The average molecular weight is 436 g/mol. The van der Waals surface area contributed by atoms with Gasteiger partial charge in [0, 0.05) is 31.7 Å².